The van der Waals surface area contributed by atoms with Gasteiger partial charge in [0.05, 0.1) is 29.5 Å². The third-order valence-electron chi connectivity index (χ3n) is 4.75. The highest BCUT2D eigenvalue weighted by atomic mass is 32.2. The predicted octanol–water partition coefficient (Wildman–Crippen LogP) is 3.11. The quantitative estimate of drug-likeness (QED) is 0.313. The summed E-state index contributed by atoms with van der Waals surface area (Å²) in [5.74, 6) is -0.863. The van der Waals surface area contributed by atoms with Crippen LogP contribution in [0.2, 0.25) is 0 Å². The van der Waals surface area contributed by atoms with Gasteiger partial charge in [-0.1, -0.05) is 49.4 Å². The smallest absolute Gasteiger partial charge is 0.325 e. The highest BCUT2D eigenvalue weighted by Crippen LogP contribution is 2.22. The lowest BCUT2D eigenvalue weighted by Crippen LogP contribution is -2.31. The summed E-state index contributed by atoms with van der Waals surface area (Å²) in [6.07, 6.45) is 3.22. The normalized spacial score (nSPS) is 10.8. The highest BCUT2D eigenvalue weighted by molar-refractivity contribution is 7.99. The van der Waals surface area contributed by atoms with Crippen molar-refractivity contribution in [3.63, 3.8) is 0 Å². The minimum Gasteiger partial charge on any atom is -0.468 e. The second kappa shape index (κ2) is 10.8. The van der Waals surface area contributed by atoms with E-state index in [4.69, 9.17) is 0 Å². The summed E-state index contributed by atoms with van der Waals surface area (Å²) in [5, 5.41) is 3.42. The van der Waals surface area contributed by atoms with E-state index in [1.165, 1.54) is 17.2 Å². The number of methoxy groups -OCH3 is 1. The number of unbranched alkanes of at least 4 members (excludes halogenated alkanes) is 1. The number of aryl methyl sites for hydroxylation is 1. The summed E-state index contributed by atoms with van der Waals surface area (Å²) in [7, 11) is 1.26. The Morgan fingerprint density at radius 3 is 2.58 bits per heavy atom. The van der Waals surface area contributed by atoms with Crippen molar-refractivity contribution in [2.24, 2.45) is 0 Å². The number of nitrogens with one attached hydrogen (secondary N) is 1. The molecule has 1 aromatic heterocycles. The Hall–Kier alpha value is -3.13. The van der Waals surface area contributed by atoms with Crippen LogP contribution in [0.4, 0.5) is 0 Å². The number of esters is 1. The molecule has 0 aliphatic rings. The molecule has 1 heterocycles. The number of hydrogen-bond acceptors (Lipinski definition) is 6. The van der Waals surface area contributed by atoms with Gasteiger partial charge in [-0.05, 0) is 42.7 Å². The van der Waals surface area contributed by atoms with Gasteiger partial charge in [0.25, 0.3) is 5.56 Å². The van der Waals surface area contributed by atoms with Crippen molar-refractivity contribution in [1.29, 1.82) is 0 Å². The van der Waals surface area contributed by atoms with Crippen LogP contribution in [0.15, 0.2) is 58.5 Å². The van der Waals surface area contributed by atoms with E-state index >= 15 is 0 Å². The summed E-state index contributed by atoms with van der Waals surface area (Å²) in [6, 6.07) is 15.0. The van der Waals surface area contributed by atoms with Gasteiger partial charge >= 0.3 is 5.97 Å². The molecule has 2 aromatic carbocycles. The molecular formula is C23H25N3O4S. The molecule has 0 saturated heterocycles. The Kier molecular flexibility index (Phi) is 7.83. The van der Waals surface area contributed by atoms with Crippen molar-refractivity contribution in [2.45, 2.75) is 31.3 Å². The summed E-state index contributed by atoms with van der Waals surface area (Å²) in [6.45, 7) is 1.95. The fourth-order valence-corrected chi connectivity index (χ4v) is 3.90. The van der Waals surface area contributed by atoms with Crippen molar-refractivity contribution < 1.29 is 14.3 Å². The number of aromatic nitrogens is 2. The number of para-hydroxylation sites is 1. The van der Waals surface area contributed by atoms with Crippen LogP contribution in [0.3, 0.4) is 0 Å². The standard InChI is InChI=1S/C23H25N3O4S/c1-3-4-7-16-10-12-17(13-11-16)26-22(29)18-8-5-6-9-19(18)25-23(26)31-15-20(27)24-14-21(28)30-2/h5-6,8-13H,3-4,7,14-15H2,1-2H3,(H,24,27). The first-order chi connectivity index (χ1) is 15.0. The molecule has 0 spiro atoms. The number of carbonyl (C=O) groups excluding carboxylic acids is 2. The lowest BCUT2D eigenvalue weighted by molar-refractivity contribution is -0.140. The Bertz CT molecular complexity index is 1130. The lowest BCUT2D eigenvalue weighted by Gasteiger charge is -2.14. The van der Waals surface area contributed by atoms with Gasteiger partial charge in [0.1, 0.15) is 6.54 Å². The van der Waals surface area contributed by atoms with Gasteiger partial charge in [-0.3, -0.25) is 19.0 Å². The van der Waals surface area contributed by atoms with Crippen LogP contribution in [0.1, 0.15) is 25.3 Å². The molecule has 0 bridgehead atoms. The number of amides is 1. The second-order valence-corrected chi connectivity index (χ2v) is 7.91. The molecule has 0 radical (unpaired) electrons. The third kappa shape index (κ3) is 5.73. The van der Waals surface area contributed by atoms with Crippen molar-refractivity contribution in [1.82, 2.24) is 14.9 Å². The number of ether oxygens (including phenoxy) is 1. The van der Waals surface area contributed by atoms with E-state index in [0.717, 1.165) is 31.0 Å². The molecule has 0 fully saturated rings. The Labute approximate surface area is 184 Å². The number of benzene rings is 2. The van der Waals surface area contributed by atoms with Crippen molar-refractivity contribution in [3.8, 4) is 5.69 Å². The second-order valence-electron chi connectivity index (χ2n) is 6.96. The average Bonchev–Trinajstić information content (AvgIpc) is 2.80. The van der Waals surface area contributed by atoms with Crippen LogP contribution in [-0.2, 0) is 20.7 Å². The number of thioether (sulfide) groups is 1. The molecule has 0 aliphatic carbocycles. The van der Waals surface area contributed by atoms with Crippen LogP contribution in [0.5, 0.6) is 0 Å². The molecule has 31 heavy (non-hydrogen) atoms. The number of hydrogen-bond donors (Lipinski definition) is 1. The van der Waals surface area contributed by atoms with Crippen LogP contribution in [0, 0.1) is 0 Å². The number of carbonyl (C=O) groups is 2. The van der Waals surface area contributed by atoms with Gasteiger partial charge in [-0.15, -0.1) is 0 Å². The Balaban J connectivity index is 1.91. The lowest BCUT2D eigenvalue weighted by atomic mass is 10.1. The van der Waals surface area contributed by atoms with E-state index in [0.29, 0.717) is 21.7 Å². The summed E-state index contributed by atoms with van der Waals surface area (Å²) >= 11 is 1.14. The maximum absolute atomic E-state index is 13.3. The zero-order valence-corrected chi connectivity index (χ0v) is 18.4. The van der Waals surface area contributed by atoms with Gasteiger partial charge in [0.15, 0.2) is 5.16 Å². The van der Waals surface area contributed by atoms with E-state index in [-0.39, 0.29) is 23.8 Å². The van der Waals surface area contributed by atoms with E-state index in [1.54, 1.807) is 18.2 Å². The summed E-state index contributed by atoms with van der Waals surface area (Å²) < 4.78 is 6.05. The topological polar surface area (TPSA) is 90.3 Å². The van der Waals surface area contributed by atoms with Crippen molar-refractivity contribution in [2.75, 3.05) is 19.4 Å². The van der Waals surface area contributed by atoms with Gasteiger partial charge in [-0.2, -0.15) is 0 Å². The predicted molar refractivity (Wildman–Crippen MR) is 122 cm³/mol. The zero-order valence-electron chi connectivity index (χ0n) is 17.6. The molecule has 1 amide bonds. The van der Waals surface area contributed by atoms with Crippen LogP contribution in [0.25, 0.3) is 16.6 Å². The van der Waals surface area contributed by atoms with Crippen LogP contribution < -0.4 is 10.9 Å². The average molecular weight is 440 g/mol. The van der Waals surface area contributed by atoms with E-state index in [2.05, 4.69) is 22.0 Å². The van der Waals surface area contributed by atoms with Gasteiger partial charge in [0, 0.05) is 0 Å². The zero-order chi connectivity index (χ0) is 22.2. The van der Waals surface area contributed by atoms with Crippen LogP contribution >= 0.6 is 11.8 Å². The third-order valence-corrected chi connectivity index (χ3v) is 5.69. The highest BCUT2D eigenvalue weighted by Gasteiger charge is 2.15. The molecular weight excluding hydrogens is 414 g/mol. The maximum Gasteiger partial charge on any atom is 0.325 e. The molecule has 3 aromatic rings. The molecule has 3 rings (SSSR count). The summed E-state index contributed by atoms with van der Waals surface area (Å²) in [4.78, 5) is 41.2. The van der Waals surface area contributed by atoms with E-state index in [9.17, 15) is 14.4 Å². The Morgan fingerprint density at radius 1 is 1.13 bits per heavy atom. The maximum atomic E-state index is 13.3. The Morgan fingerprint density at radius 2 is 1.87 bits per heavy atom. The molecule has 0 atom stereocenters. The number of rotatable bonds is 9. The molecule has 0 unspecified atom stereocenters. The van der Waals surface area contributed by atoms with E-state index < -0.39 is 5.97 Å². The first-order valence-corrected chi connectivity index (χ1v) is 11.1. The molecule has 1 N–H and O–H groups in total. The van der Waals surface area contributed by atoms with E-state index in [1.807, 2.05) is 30.3 Å². The van der Waals surface area contributed by atoms with Gasteiger partial charge < -0.3 is 10.1 Å². The fraction of sp³-hybridized carbons (Fsp3) is 0.304. The number of nitrogens with zero attached hydrogens (tertiary/aromatic N) is 2. The molecule has 162 valence electrons. The van der Waals surface area contributed by atoms with Crippen LogP contribution in [-0.4, -0.2) is 40.8 Å². The SMILES string of the molecule is CCCCc1ccc(-n2c(SCC(=O)NCC(=O)OC)nc3ccccc3c2=O)cc1. The minimum atomic E-state index is -0.526. The molecule has 0 aliphatic heterocycles. The van der Waals surface area contributed by atoms with Crippen molar-refractivity contribution >= 4 is 34.5 Å². The first kappa shape index (κ1) is 22.6. The van der Waals surface area contributed by atoms with Crippen molar-refractivity contribution in [3.05, 3.63) is 64.4 Å². The fourth-order valence-electron chi connectivity index (χ4n) is 3.05. The molecule has 0 saturated carbocycles. The minimum absolute atomic E-state index is 0.0103. The first-order valence-electron chi connectivity index (χ1n) is 10.1. The largest absolute Gasteiger partial charge is 0.468 e. The monoisotopic (exact) mass is 439 g/mol. The molecule has 8 heteroatoms. The number of fused-ring (bicyclic) bond motifs is 1. The van der Waals surface area contributed by atoms with Gasteiger partial charge in [0.2, 0.25) is 5.91 Å². The van der Waals surface area contributed by atoms with Gasteiger partial charge in [-0.25, -0.2) is 4.98 Å². The molecule has 7 nitrogen and oxygen atoms in total. The summed E-state index contributed by atoms with van der Waals surface area (Å²) in [5.41, 5.74) is 2.29.